The minimum absolute atomic E-state index is 0.0216. The molecule has 1 N–H and O–H groups in total. The van der Waals surface area contributed by atoms with Crippen LogP contribution in [0, 0.1) is 0 Å². The van der Waals surface area contributed by atoms with Gasteiger partial charge in [0.15, 0.2) is 5.82 Å². The van der Waals surface area contributed by atoms with Gasteiger partial charge in [-0.15, -0.1) is 10.2 Å². The fraction of sp³-hybridized carbons (Fsp3) is 0.176. The number of azo groups is 1. The third-order valence-electron chi connectivity index (χ3n) is 3.50. The molecular formula is C17H16N4O3. The molecular weight excluding hydrogens is 308 g/mol. The van der Waals surface area contributed by atoms with Gasteiger partial charge in [0.2, 0.25) is 0 Å². The Morgan fingerprint density at radius 3 is 2.71 bits per heavy atom. The van der Waals surface area contributed by atoms with Crippen LogP contribution in [0.2, 0.25) is 0 Å². The van der Waals surface area contributed by atoms with Crippen LogP contribution < -0.4 is 0 Å². The highest BCUT2D eigenvalue weighted by molar-refractivity contribution is 5.74. The van der Waals surface area contributed by atoms with Crippen LogP contribution in [-0.2, 0) is 22.6 Å². The summed E-state index contributed by atoms with van der Waals surface area (Å²) in [7, 11) is 1.32. The van der Waals surface area contributed by atoms with Crippen LogP contribution >= 0.6 is 0 Å². The lowest BCUT2D eigenvalue weighted by atomic mass is 10.3. The Labute approximate surface area is 138 Å². The van der Waals surface area contributed by atoms with Crippen molar-refractivity contribution in [2.24, 2.45) is 10.2 Å². The second-order valence-corrected chi connectivity index (χ2v) is 5.06. The molecule has 0 bridgehead atoms. The Morgan fingerprint density at radius 2 is 2.00 bits per heavy atom. The summed E-state index contributed by atoms with van der Waals surface area (Å²) in [5.41, 5.74) is 2.32. The number of methoxy groups -OCH3 is 1. The van der Waals surface area contributed by atoms with Gasteiger partial charge in [0, 0.05) is 11.8 Å². The lowest BCUT2D eigenvalue weighted by molar-refractivity contribution is -0.139. The predicted octanol–water partition coefficient (Wildman–Crippen LogP) is 2.96. The number of aromatic nitrogens is 2. The molecule has 0 aliphatic carbocycles. The van der Waals surface area contributed by atoms with Gasteiger partial charge >= 0.3 is 5.97 Å². The fourth-order valence-corrected chi connectivity index (χ4v) is 2.32. The van der Waals surface area contributed by atoms with Gasteiger partial charge in [-0.2, -0.15) is 0 Å². The number of imidazole rings is 1. The summed E-state index contributed by atoms with van der Waals surface area (Å²) in [6, 6.07) is 12.8. The highest BCUT2D eigenvalue weighted by atomic mass is 16.5. The van der Waals surface area contributed by atoms with E-state index in [1.807, 2.05) is 30.3 Å². The number of hydrogen-bond donors (Lipinski definition) is 1. The Morgan fingerprint density at radius 1 is 1.21 bits per heavy atom. The van der Waals surface area contributed by atoms with Gasteiger partial charge in [0.25, 0.3) is 0 Å². The van der Waals surface area contributed by atoms with Crippen molar-refractivity contribution in [1.82, 2.24) is 9.38 Å². The Balaban J connectivity index is 2.10. The zero-order chi connectivity index (χ0) is 16.9. The molecule has 0 fully saturated rings. The molecule has 0 spiro atoms. The maximum absolute atomic E-state index is 11.6. The van der Waals surface area contributed by atoms with E-state index < -0.39 is 5.97 Å². The molecule has 0 aliphatic rings. The predicted molar refractivity (Wildman–Crippen MR) is 87.5 cm³/mol. The van der Waals surface area contributed by atoms with Gasteiger partial charge in [0.1, 0.15) is 5.65 Å². The van der Waals surface area contributed by atoms with Crippen molar-refractivity contribution in [3.8, 4) is 0 Å². The van der Waals surface area contributed by atoms with Crippen molar-refractivity contribution in [3.05, 3.63) is 59.9 Å². The molecule has 2 heterocycles. The first-order chi connectivity index (χ1) is 11.7. The number of benzene rings is 1. The molecule has 24 heavy (non-hydrogen) atoms. The van der Waals surface area contributed by atoms with Crippen LogP contribution in [0.1, 0.15) is 11.3 Å². The highest BCUT2D eigenvalue weighted by Crippen LogP contribution is 2.26. The first-order valence-corrected chi connectivity index (χ1v) is 7.36. The normalized spacial score (nSPS) is 11.2. The molecule has 0 aliphatic heterocycles. The molecule has 3 aromatic rings. The van der Waals surface area contributed by atoms with Crippen LogP contribution in [0.25, 0.3) is 5.65 Å². The monoisotopic (exact) mass is 324 g/mol. The number of ether oxygens (including phenoxy) is 1. The Hall–Kier alpha value is -3.06. The van der Waals surface area contributed by atoms with Crippen molar-refractivity contribution >= 4 is 23.1 Å². The Bertz CT molecular complexity index is 887. The van der Waals surface area contributed by atoms with Gasteiger partial charge in [-0.3, -0.25) is 9.20 Å². The molecule has 0 saturated heterocycles. The van der Waals surface area contributed by atoms with Gasteiger partial charge in [0.05, 0.1) is 31.5 Å². The number of nitrogens with zero attached hydrogens (tertiary/aromatic N) is 4. The van der Waals surface area contributed by atoms with Crippen molar-refractivity contribution in [2.75, 3.05) is 7.11 Å². The van der Waals surface area contributed by atoms with E-state index in [1.165, 1.54) is 7.11 Å². The summed E-state index contributed by atoms with van der Waals surface area (Å²) in [4.78, 5) is 16.1. The molecule has 122 valence electrons. The third-order valence-corrected chi connectivity index (χ3v) is 3.50. The van der Waals surface area contributed by atoms with E-state index in [-0.39, 0.29) is 13.0 Å². The fourth-order valence-electron chi connectivity index (χ4n) is 2.32. The maximum atomic E-state index is 11.6. The highest BCUT2D eigenvalue weighted by Gasteiger charge is 2.17. The number of esters is 1. The molecule has 0 radical (unpaired) electrons. The van der Waals surface area contributed by atoms with Crippen molar-refractivity contribution in [1.29, 1.82) is 0 Å². The van der Waals surface area contributed by atoms with Gasteiger partial charge in [-0.25, -0.2) is 4.98 Å². The summed E-state index contributed by atoms with van der Waals surface area (Å²) >= 11 is 0. The molecule has 2 aromatic heterocycles. The lowest BCUT2D eigenvalue weighted by Gasteiger charge is -2.00. The van der Waals surface area contributed by atoms with Gasteiger partial charge < -0.3 is 9.84 Å². The van der Waals surface area contributed by atoms with E-state index in [9.17, 15) is 9.90 Å². The van der Waals surface area contributed by atoms with Crippen LogP contribution in [0.4, 0.5) is 11.5 Å². The quantitative estimate of drug-likeness (QED) is 0.577. The second-order valence-electron chi connectivity index (χ2n) is 5.06. The number of carbonyl (C=O) groups is 1. The van der Waals surface area contributed by atoms with Crippen molar-refractivity contribution < 1.29 is 14.6 Å². The summed E-state index contributed by atoms with van der Waals surface area (Å²) in [6.07, 6.45) is 1.74. The molecule has 0 atom stereocenters. The molecule has 7 nitrogen and oxygen atoms in total. The maximum Gasteiger partial charge on any atom is 0.311 e. The van der Waals surface area contributed by atoms with E-state index >= 15 is 0 Å². The average molecular weight is 324 g/mol. The number of hydrogen-bond acceptors (Lipinski definition) is 6. The Kier molecular flexibility index (Phi) is 4.62. The first-order valence-electron chi connectivity index (χ1n) is 7.36. The van der Waals surface area contributed by atoms with Gasteiger partial charge in [-0.05, 0) is 18.2 Å². The number of carbonyl (C=O) groups excluding carboxylic acids is 1. The number of aliphatic hydroxyl groups is 1. The minimum atomic E-state index is -0.417. The van der Waals surface area contributed by atoms with Crippen LogP contribution in [0.3, 0.4) is 0 Å². The SMILES string of the molecule is COC(=O)Cc1nc2c(CO)cccn2c1N=Nc1ccccc1. The van der Waals surface area contributed by atoms with E-state index in [0.717, 1.165) is 0 Å². The summed E-state index contributed by atoms with van der Waals surface area (Å²) in [5, 5.41) is 17.9. The number of rotatable bonds is 5. The lowest BCUT2D eigenvalue weighted by Crippen LogP contribution is -2.04. The number of aliphatic hydroxyl groups excluding tert-OH is 1. The van der Waals surface area contributed by atoms with E-state index in [2.05, 4.69) is 15.2 Å². The van der Waals surface area contributed by atoms with Gasteiger partial charge in [-0.1, -0.05) is 24.3 Å². The third kappa shape index (κ3) is 3.16. The zero-order valence-corrected chi connectivity index (χ0v) is 13.1. The molecule has 7 heteroatoms. The van der Waals surface area contributed by atoms with Crippen LogP contribution in [0.5, 0.6) is 0 Å². The molecule has 0 amide bonds. The molecule has 0 saturated carbocycles. The number of pyridine rings is 1. The largest absolute Gasteiger partial charge is 0.469 e. The topological polar surface area (TPSA) is 88.5 Å². The van der Waals surface area contributed by atoms with Crippen molar-refractivity contribution in [3.63, 3.8) is 0 Å². The zero-order valence-electron chi connectivity index (χ0n) is 13.1. The smallest absolute Gasteiger partial charge is 0.311 e. The summed E-state index contributed by atoms with van der Waals surface area (Å²) in [6.45, 7) is -0.158. The minimum Gasteiger partial charge on any atom is -0.469 e. The first kappa shape index (κ1) is 15.8. The molecule has 0 unspecified atom stereocenters. The molecule has 1 aromatic carbocycles. The van der Waals surface area contributed by atoms with E-state index in [1.54, 1.807) is 22.7 Å². The van der Waals surface area contributed by atoms with Crippen LogP contribution in [0.15, 0.2) is 58.9 Å². The van der Waals surface area contributed by atoms with E-state index in [0.29, 0.717) is 28.4 Å². The van der Waals surface area contributed by atoms with Crippen LogP contribution in [-0.4, -0.2) is 27.6 Å². The standard InChI is InChI=1S/C17H16N4O3/c1-24-15(23)10-14-17(20-19-13-7-3-2-4-8-13)21-9-5-6-12(11-22)16(21)18-14/h2-9,22H,10-11H2,1H3. The van der Waals surface area contributed by atoms with Crippen molar-refractivity contribution in [2.45, 2.75) is 13.0 Å². The average Bonchev–Trinajstić information content (AvgIpc) is 2.97. The van der Waals surface area contributed by atoms with E-state index in [4.69, 9.17) is 4.74 Å². The summed E-state index contributed by atoms with van der Waals surface area (Å²) < 4.78 is 6.42. The summed E-state index contributed by atoms with van der Waals surface area (Å²) in [5.74, 6) is 0.0228. The molecule has 3 rings (SSSR count). The number of fused-ring (bicyclic) bond motifs is 1. The second kappa shape index (κ2) is 7.01.